The maximum atomic E-state index is 8.44. The normalized spacial score (nSPS) is 19.3. The van der Waals surface area contributed by atoms with E-state index in [2.05, 4.69) is 19.9 Å². The molecule has 1 unspecified atom stereocenters. The smallest absolute Gasteiger partial charge is 0.141 e. The Morgan fingerprint density at radius 1 is 1.28 bits per heavy atom. The molecule has 6 nitrogen and oxygen atoms in total. The molecular weight excluding hydrogens is 312 g/mol. The van der Waals surface area contributed by atoms with Crippen LogP contribution in [0, 0.1) is 23.7 Å². The van der Waals surface area contributed by atoms with Crippen molar-refractivity contribution in [3.8, 4) is 0 Å². The van der Waals surface area contributed by atoms with Crippen molar-refractivity contribution in [1.29, 1.82) is 10.8 Å². The monoisotopic (exact) mass is 338 g/mol. The van der Waals surface area contributed by atoms with E-state index in [-0.39, 0.29) is 5.92 Å². The Morgan fingerprint density at radius 3 is 2.68 bits per heavy atom. The Labute approximate surface area is 149 Å². The molecule has 0 amide bonds. The molecule has 1 heterocycles. The van der Waals surface area contributed by atoms with Gasteiger partial charge in [-0.05, 0) is 25.3 Å². The highest BCUT2D eigenvalue weighted by Gasteiger charge is 2.25. The van der Waals surface area contributed by atoms with E-state index >= 15 is 0 Å². The van der Waals surface area contributed by atoms with Gasteiger partial charge in [-0.3, -0.25) is 15.4 Å². The summed E-state index contributed by atoms with van der Waals surface area (Å²) in [4.78, 5) is 15.0. The minimum atomic E-state index is 0.0368. The molecule has 0 aromatic heterocycles. The highest BCUT2D eigenvalue weighted by Crippen LogP contribution is 2.19. The molecule has 1 saturated heterocycles. The number of amidine groups is 2. The van der Waals surface area contributed by atoms with Crippen molar-refractivity contribution in [2.45, 2.75) is 19.8 Å². The van der Waals surface area contributed by atoms with E-state index < -0.39 is 0 Å². The summed E-state index contributed by atoms with van der Waals surface area (Å²) >= 11 is 0. The van der Waals surface area contributed by atoms with Gasteiger partial charge < -0.3 is 10.3 Å². The van der Waals surface area contributed by atoms with Crippen molar-refractivity contribution in [2.24, 2.45) is 20.9 Å². The average Bonchev–Trinajstić information content (AvgIpc) is 2.64. The fraction of sp³-hybridized carbons (Fsp3) is 0.421. The minimum absolute atomic E-state index is 0.0368. The number of piperidine rings is 1. The molecule has 0 saturated carbocycles. The van der Waals surface area contributed by atoms with Crippen LogP contribution in [-0.4, -0.2) is 61.9 Å². The highest BCUT2D eigenvalue weighted by atomic mass is 15.2. The van der Waals surface area contributed by atoms with E-state index in [1.54, 1.807) is 20.3 Å². The second-order valence-corrected chi connectivity index (χ2v) is 6.10. The molecule has 1 atom stereocenters. The lowest BCUT2D eigenvalue weighted by Gasteiger charge is -2.33. The van der Waals surface area contributed by atoms with Gasteiger partial charge in [-0.2, -0.15) is 0 Å². The Hall–Kier alpha value is -2.63. The van der Waals surface area contributed by atoms with Gasteiger partial charge in [-0.15, -0.1) is 0 Å². The van der Waals surface area contributed by atoms with Crippen LogP contribution in [-0.2, 0) is 0 Å². The second-order valence-electron chi connectivity index (χ2n) is 6.10. The number of likely N-dealkylation sites (tertiary alicyclic amines) is 1. The molecule has 0 radical (unpaired) electrons. The summed E-state index contributed by atoms with van der Waals surface area (Å²) in [6.07, 6.45) is 4.91. The summed E-state index contributed by atoms with van der Waals surface area (Å²) in [6.45, 7) is 3.62. The van der Waals surface area contributed by atoms with Gasteiger partial charge >= 0.3 is 0 Å². The predicted octanol–water partition coefficient (Wildman–Crippen LogP) is 2.85. The minimum Gasteiger partial charge on any atom is -0.355 e. The van der Waals surface area contributed by atoms with Crippen molar-refractivity contribution in [3.05, 3.63) is 35.4 Å². The first-order valence-electron chi connectivity index (χ1n) is 8.48. The third-order valence-electron chi connectivity index (χ3n) is 4.40. The first-order chi connectivity index (χ1) is 12.1. The fourth-order valence-corrected chi connectivity index (χ4v) is 3.06. The molecule has 2 N–H and O–H groups in total. The number of aryl methyl sites for hydroxylation is 1. The quantitative estimate of drug-likeness (QED) is 0.642. The summed E-state index contributed by atoms with van der Waals surface area (Å²) in [5.74, 6) is 1.21. The zero-order valence-corrected chi connectivity index (χ0v) is 15.2. The van der Waals surface area contributed by atoms with Gasteiger partial charge in [0.25, 0.3) is 0 Å². The number of nitrogens with one attached hydrogen (secondary N) is 2. The summed E-state index contributed by atoms with van der Waals surface area (Å²) in [5, 5.41) is 16.1. The van der Waals surface area contributed by atoms with Gasteiger partial charge in [0.2, 0.25) is 0 Å². The van der Waals surface area contributed by atoms with Crippen molar-refractivity contribution in [2.75, 3.05) is 27.2 Å². The molecule has 2 rings (SSSR count). The third kappa shape index (κ3) is 4.68. The van der Waals surface area contributed by atoms with Crippen LogP contribution in [0.4, 0.5) is 0 Å². The molecule has 0 aliphatic carbocycles. The van der Waals surface area contributed by atoms with E-state index in [9.17, 15) is 0 Å². The van der Waals surface area contributed by atoms with Crippen LogP contribution < -0.4 is 0 Å². The lowest BCUT2D eigenvalue weighted by atomic mass is 9.96. The maximum Gasteiger partial charge on any atom is 0.141 e. The Kier molecular flexibility index (Phi) is 6.74. The van der Waals surface area contributed by atoms with Crippen LogP contribution >= 0.6 is 0 Å². The standard InChI is InChI=1S/C19H26N6/c1-14-7-4-5-9-16(14)17(11-20)24-19(21)15-8-6-10-25(13-15)18(23-3)12-22-2/h4-5,7,9,11-12,15,20-21H,6,8,10,13H2,1-3H3. The fourth-order valence-electron chi connectivity index (χ4n) is 3.06. The van der Waals surface area contributed by atoms with Gasteiger partial charge in [0.1, 0.15) is 11.7 Å². The lowest BCUT2D eigenvalue weighted by molar-refractivity contribution is 0.306. The Balaban J connectivity index is 2.19. The predicted molar refractivity (Wildman–Crippen MR) is 106 cm³/mol. The van der Waals surface area contributed by atoms with Crippen molar-refractivity contribution in [1.82, 2.24) is 4.90 Å². The van der Waals surface area contributed by atoms with Crippen LogP contribution in [0.15, 0.2) is 39.2 Å². The molecule has 0 spiro atoms. The maximum absolute atomic E-state index is 8.44. The van der Waals surface area contributed by atoms with E-state index in [4.69, 9.17) is 10.8 Å². The van der Waals surface area contributed by atoms with Crippen LogP contribution in [0.5, 0.6) is 0 Å². The van der Waals surface area contributed by atoms with E-state index in [0.717, 1.165) is 36.3 Å². The molecule has 6 heteroatoms. The van der Waals surface area contributed by atoms with Gasteiger partial charge in [0, 0.05) is 44.9 Å². The first kappa shape index (κ1) is 18.7. The lowest BCUT2D eigenvalue weighted by Crippen LogP contribution is -2.42. The van der Waals surface area contributed by atoms with Crippen LogP contribution in [0.3, 0.4) is 0 Å². The summed E-state index contributed by atoms with van der Waals surface area (Å²) in [7, 11) is 3.49. The van der Waals surface area contributed by atoms with Gasteiger partial charge in [0.15, 0.2) is 0 Å². The topological polar surface area (TPSA) is 88.0 Å². The molecule has 1 aliphatic rings. The highest BCUT2D eigenvalue weighted by molar-refractivity contribution is 6.39. The molecule has 0 bridgehead atoms. The summed E-state index contributed by atoms with van der Waals surface area (Å²) < 4.78 is 0. The van der Waals surface area contributed by atoms with E-state index in [0.29, 0.717) is 18.1 Å². The second kappa shape index (κ2) is 9.01. The number of rotatable bonds is 4. The van der Waals surface area contributed by atoms with Gasteiger partial charge in [0.05, 0.1) is 11.9 Å². The zero-order valence-electron chi connectivity index (χ0n) is 15.2. The molecule has 1 aromatic carbocycles. The number of benzene rings is 1. The van der Waals surface area contributed by atoms with Crippen LogP contribution in [0.1, 0.15) is 24.0 Å². The molecule has 1 aromatic rings. The molecule has 1 fully saturated rings. The molecular formula is C19H26N6. The SMILES string of the molecule is CN=CC(=NC)N1CCCC(C(=N)N=C(C=N)c2ccccc2C)C1. The summed E-state index contributed by atoms with van der Waals surface area (Å²) in [6, 6.07) is 7.83. The Morgan fingerprint density at radius 2 is 2.04 bits per heavy atom. The van der Waals surface area contributed by atoms with Gasteiger partial charge in [-0.1, -0.05) is 24.3 Å². The first-order valence-corrected chi connectivity index (χ1v) is 8.48. The largest absolute Gasteiger partial charge is 0.355 e. The average molecular weight is 338 g/mol. The van der Waals surface area contributed by atoms with Crippen molar-refractivity contribution < 1.29 is 0 Å². The van der Waals surface area contributed by atoms with Crippen LogP contribution in [0.2, 0.25) is 0 Å². The molecule has 1 aliphatic heterocycles. The van der Waals surface area contributed by atoms with Crippen molar-refractivity contribution in [3.63, 3.8) is 0 Å². The van der Waals surface area contributed by atoms with Gasteiger partial charge in [-0.25, -0.2) is 4.99 Å². The number of aliphatic imine (C=N–C) groups is 3. The van der Waals surface area contributed by atoms with Crippen molar-refractivity contribution >= 4 is 29.8 Å². The number of hydrogen-bond acceptors (Lipinski definition) is 4. The van der Waals surface area contributed by atoms with E-state index in [1.165, 1.54) is 6.21 Å². The Bertz CT molecular complexity index is 716. The zero-order chi connectivity index (χ0) is 18.2. The number of nitrogens with zero attached hydrogens (tertiary/aromatic N) is 4. The molecule has 25 heavy (non-hydrogen) atoms. The third-order valence-corrected chi connectivity index (χ3v) is 4.40. The number of hydrogen-bond donors (Lipinski definition) is 2. The molecule has 132 valence electrons. The van der Waals surface area contributed by atoms with Crippen LogP contribution in [0.25, 0.3) is 0 Å². The summed E-state index contributed by atoms with van der Waals surface area (Å²) in [5.41, 5.74) is 2.51. The van der Waals surface area contributed by atoms with E-state index in [1.807, 2.05) is 31.2 Å².